The van der Waals surface area contributed by atoms with Crippen LogP contribution in [0.4, 0.5) is 4.39 Å². The van der Waals surface area contributed by atoms with Crippen LogP contribution in [-0.2, 0) is 6.54 Å². The van der Waals surface area contributed by atoms with E-state index < -0.39 is 5.82 Å². The van der Waals surface area contributed by atoms with Crippen molar-refractivity contribution in [1.29, 1.82) is 10.5 Å². The van der Waals surface area contributed by atoms with E-state index in [0.29, 0.717) is 12.1 Å². The molecule has 0 fully saturated rings. The molecule has 3 nitrogen and oxygen atoms in total. The number of nitriles is 2. The van der Waals surface area contributed by atoms with Crippen molar-refractivity contribution >= 4 is 22.6 Å². The van der Waals surface area contributed by atoms with Gasteiger partial charge in [-0.1, -0.05) is 54.6 Å². The molecule has 0 unspecified atom stereocenters. The van der Waals surface area contributed by atoms with Crippen LogP contribution in [0, 0.1) is 35.4 Å². The third kappa shape index (κ3) is 3.36. The minimum Gasteiger partial charge on any atom is -0.340 e. The average Bonchev–Trinajstić information content (AvgIpc) is 3.04. The molecule has 144 valence electrons. The smallest absolute Gasteiger partial charge is 0.131 e. The maximum Gasteiger partial charge on any atom is 0.131 e. The predicted molar refractivity (Wildman–Crippen MR) is 117 cm³/mol. The lowest BCUT2D eigenvalue weighted by Crippen LogP contribution is -2.03. The molecule has 4 rings (SSSR count). The zero-order chi connectivity index (χ0) is 21.1. The molecule has 0 aliphatic heterocycles. The molecule has 1 heterocycles. The Balaban J connectivity index is 1.91. The number of hydrogen-bond acceptors (Lipinski definition) is 2. The van der Waals surface area contributed by atoms with Gasteiger partial charge in [0.05, 0.1) is 23.3 Å². The van der Waals surface area contributed by atoms with Crippen molar-refractivity contribution in [2.75, 3.05) is 0 Å². The first-order valence-electron chi connectivity index (χ1n) is 9.56. The van der Waals surface area contributed by atoms with Crippen LogP contribution in [-0.4, -0.2) is 4.57 Å². The Labute approximate surface area is 174 Å². The highest BCUT2D eigenvalue weighted by Gasteiger charge is 2.16. The molecular weight excluding hydrogens is 373 g/mol. The number of halogens is 1. The van der Waals surface area contributed by atoms with Gasteiger partial charge in [-0.3, -0.25) is 0 Å². The third-order valence-corrected chi connectivity index (χ3v) is 5.32. The van der Waals surface area contributed by atoms with E-state index in [-0.39, 0.29) is 11.1 Å². The number of allylic oxidation sites excluding steroid dienone is 1. The molecule has 30 heavy (non-hydrogen) atoms. The molecule has 0 N–H and O–H groups in total. The van der Waals surface area contributed by atoms with Crippen molar-refractivity contribution in [1.82, 2.24) is 4.57 Å². The van der Waals surface area contributed by atoms with Gasteiger partial charge >= 0.3 is 0 Å². The third-order valence-electron chi connectivity index (χ3n) is 5.32. The van der Waals surface area contributed by atoms with Gasteiger partial charge in [0, 0.05) is 34.3 Å². The lowest BCUT2D eigenvalue weighted by Gasteiger charge is -2.10. The second-order valence-corrected chi connectivity index (χ2v) is 7.02. The first-order chi connectivity index (χ1) is 14.6. The summed E-state index contributed by atoms with van der Waals surface area (Å²) in [6.07, 6.45) is 1.75. The van der Waals surface area contributed by atoms with Crippen molar-refractivity contribution in [3.8, 4) is 12.1 Å². The van der Waals surface area contributed by atoms with Crippen LogP contribution in [0.1, 0.15) is 27.9 Å². The minimum atomic E-state index is -0.422. The Morgan fingerprint density at radius 1 is 0.967 bits per heavy atom. The zero-order valence-electron chi connectivity index (χ0n) is 16.4. The van der Waals surface area contributed by atoms with Crippen molar-refractivity contribution in [2.24, 2.45) is 0 Å². The molecule has 0 saturated heterocycles. The quantitative estimate of drug-likeness (QED) is 0.396. The molecule has 0 bridgehead atoms. The maximum atomic E-state index is 14.3. The van der Waals surface area contributed by atoms with Crippen LogP contribution in [0.2, 0.25) is 0 Å². The fourth-order valence-electron chi connectivity index (χ4n) is 3.78. The Bertz CT molecular complexity index is 1360. The molecule has 0 spiro atoms. The van der Waals surface area contributed by atoms with Gasteiger partial charge in [0.2, 0.25) is 0 Å². The highest BCUT2D eigenvalue weighted by molar-refractivity contribution is 5.99. The molecule has 0 saturated carbocycles. The second-order valence-electron chi connectivity index (χ2n) is 7.02. The van der Waals surface area contributed by atoms with E-state index in [2.05, 4.69) is 16.7 Å². The highest BCUT2D eigenvalue weighted by atomic mass is 19.1. The Morgan fingerprint density at radius 2 is 1.67 bits per heavy atom. The van der Waals surface area contributed by atoms with E-state index in [1.165, 1.54) is 6.07 Å². The fraction of sp³-hybridized carbons (Fsp3) is 0.0769. The number of para-hydroxylation sites is 1. The number of fused-ring (bicyclic) bond motifs is 1. The van der Waals surface area contributed by atoms with Gasteiger partial charge in [0.15, 0.2) is 0 Å². The van der Waals surface area contributed by atoms with Crippen molar-refractivity contribution in [3.05, 3.63) is 107 Å². The highest BCUT2D eigenvalue weighted by Crippen LogP contribution is 2.31. The number of benzene rings is 3. The van der Waals surface area contributed by atoms with Crippen LogP contribution in [0.5, 0.6) is 0 Å². The van der Waals surface area contributed by atoms with Crippen LogP contribution >= 0.6 is 0 Å². The van der Waals surface area contributed by atoms with Crippen molar-refractivity contribution < 1.29 is 4.39 Å². The van der Waals surface area contributed by atoms with Gasteiger partial charge < -0.3 is 4.57 Å². The van der Waals surface area contributed by atoms with Gasteiger partial charge in [-0.25, -0.2) is 4.39 Å². The standard InChI is InChI=1S/C26H18FN3/c1-18-24(14-21(16-29)22-10-4-6-12-25(22)27)23-11-5-7-13-26(23)30(18)17-20-9-3-2-8-19(20)15-28/h2-14H,17H2,1H3/b21-14-. The van der Waals surface area contributed by atoms with Gasteiger partial charge in [-0.05, 0) is 36.8 Å². The first kappa shape index (κ1) is 19.2. The molecule has 4 aromatic rings. The molecular formula is C26H18FN3. The largest absolute Gasteiger partial charge is 0.340 e. The van der Waals surface area contributed by atoms with Crippen LogP contribution < -0.4 is 0 Å². The number of rotatable bonds is 4. The van der Waals surface area contributed by atoms with Crippen LogP contribution in [0.15, 0.2) is 72.8 Å². The zero-order valence-corrected chi connectivity index (χ0v) is 16.4. The number of hydrogen-bond donors (Lipinski definition) is 0. The van der Waals surface area contributed by atoms with E-state index >= 15 is 0 Å². The van der Waals surface area contributed by atoms with Gasteiger partial charge in [0.1, 0.15) is 5.82 Å². The summed E-state index contributed by atoms with van der Waals surface area (Å²) in [5.41, 5.74) is 4.94. The molecule has 0 amide bonds. The summed E-state index contributed by atoms with van der Waals surface area (Å²) in [5.74, 6) is -0.422. The number of aromatic nitrogens is 1. The second kappa shape index (κ2) is 8.07. The van der Waals surface area contributed by atoms with E-state index in [1.807, 2.05) is 55.5 Å². The summed E-state index contributed by atoms with van der Waals surface area (Å²) in [4.78, 5) is 0. The molecule has 0 aliphatic carbocycles. The minimum absolute atomic E-state index is 0.275. The summed E-state index contributed by atoms with van der Waals surface area (Å²) in [5, 5.41) is 20.1. The van der Waals surface area contributed by atoms with Crippen molar-refractivity contribution in [2.45, 2.75) is 13.5 Å². The number of nitrogens with zero attached hydrogens (tertiary/aromatic N) is 3. The fourth-order valence-corrected chi connectivity index (χ4v) is 3.78. The van der Waals surface area contributed by atoms with E-state index in [9.17, 15) is 14.9 Å². The van der Waals surface area contributed by atoms with Crippen molar-refractivity contribution in [3.63, 3.8) is 0 Å². The summed E-state index contributed by atoms with van der Waals surface area (Å²) < 4.78 is 16.4. The van der Waals surface area contributed by atoms with E-state index in [1.54, 1.807) is 24.3 Å². The van der Waals surface area contributed by atoms with Gasteiger partial charge in [-0.15, -0.1) is 0 Å². The lowest BCUT2D eigenvalue weighted by molar-refractivity contribution is 0.624. The van der Waals surface area contributed by atoms with Crippen LogP contribution in [0.3, 0.4) is 0 Å². The maximum absolute atomic E-state index is 14.3. The average molecular weight is 391 g/mol. The van der Waals surface area contributed by atoms with E-state index in [0.717, 1.165) is 27.7 Å². The topological polar surface area (TPSA) is 52.5 Å². The summed E-state index contributed by atoms with van der Waals surface area (Å²) in [6.45, 7) is 2.52. The molecule has 0 aliphatic rings. The summed E-state index contributed by atoms with van der Waals surface area (Å²) in [6, 6.07) is 26.1. The van der Waals surface area contributed by atoms with E-state index in [4.69, 9.17) is 0 Å². The lowest BCUT2D eigenvalue weighted by atomic mass is 10.0. The molecule has 1 aromatic heterocycles. The molecule has 0 radical (unpaired) electrons. The molecule has 3 aromatic carbocycles. The summed E-state index contributed by atoms with van der Waals surface area (Å²) in [7, 11) is 0. The van der Waals surface area contributed by atoms with Gasteiger partial charge in [-0.2, -0.15) is 10.5 Å². The summed E-state index contributed by atoms with van der Waals surface area (Å²) >= 11 is 0. The predicted octanol–water partition coefficient (Wildman–Crippen LogP) is 6.07. The molecule has 4 heteroatoms. The Morgan fingerprint density at radius 3 is 2.43 bits per heavy atom. The SMILES string of the molecule is Cc1c(/C=C(/C#N)c2ccccc2F)c2ccccc2n1Cc1ccccc1C#N. The molecule has 0 atom stereocenters. The Kier molecular flexibility index (Phi) is 5.16. The van der Waals surface area contributed by atoms with Crippen LogP contribution in [0.25, 0.3) is 22.6 Å². The Hall–Kier alpha value is -4.15. The van der Waals surface area contributed by atoms with Gasteiger partial charge in [0.25, 0.3) is 0 Å². The first-order valence-corrected chi connectivity index (χ1v) is 9.56. The monoisotopic (exact) mass is 391 g/mol. The normalized spacial score (nSPS) is 11.3.